The van der Waals surface area contributed by atoms with Crippen LogP contribution in [0.5, 0.6) is 11.8 Å². The Morgan fingerprint density at radius 2 is 2.05 bits per heavy atom. The molecule has 0 saturated heterocycles. The summed E-state index contributed by atoms with van der Waals surface area (Å²) in [6.07, 6.45) is 1.49. The van der Waals surface area contributed by atoms with Crippen molar-refractivity contribution in [1.29, 1.82) is 0 Å². The SMILES string of the molecule is CNC(c1ccc(F)c(Cl)c1)c1ncc(OC)nc1OC. The third kappa shape index (κ3) is 3.22. The van der Waals surface area contributed by atoms with Crippen LogP contribution < -0.4 is 14.8 Å². The molecule has 1 heterocycles. The Balaban J connectivity index is 2.47. The standard InChI is InChI=1S/C14H15ClFN3O2/c1-17-12(8-4-5-10(16)9(15)6-8)13-14(21-3)19-11(20-2)7-18-13/h4-7,12,17H,1-3H3. The van der Waals surface area contributed by atoms with Crippen molar-refractivity contribution in [3.8, 4) is 11.8 Å². The first-order valence-corrected chi connectivity index (χ1v) is 6.55. The van der Waals surface area contributed by atoms with Gasteiger partial charge in [-0.05, 0) is 24.7 Å². The molecule has 1 N–H and O–H groups in total. The lowest BCUT2D eigenvalue weighted by molar-refractivity contribution is 0.353. The maximum Gasteiger partial charge on any atom is 0.240 e. The fraction of sp³-hybridized carbons (Fsp3) is 0.286. The van der Waals surface area contributed by atoms with Crippen LogP contribution in [-0.4, -0.2) is 31.2 Å². The normalized spacial score (nSPS) is 12.0. The summed E-state index contributed by atoms with van der Waals surface area (Å²) in [4.78, 5) is 8.50. The Bertz CT molecular complexity index is 640. The summed E-state index contributed by atoms with van der Waals surface area (Å²) in [5, 5.41) is 3.14. The van der Waals surface area contributed by atoms with Gasteiger partial charge >= 0.3 is 0 Å². The number of nitrogens with zero attached hydrogens (tertiary/aromatic N) is 2. The molecule has 5 nitrogen and oxygen atoms in total. The van der Waals surface area contributed by atoms with E-state index in [1.807, 2.05) is 0 Å². The zero-order valence-corrected chi connectivity index (χ0v) is 12.6. The molecule has 1 unspecified atom stereocenters. The number of halogens is 2. The van der Waals surface area contributed by atoms with Crippen molar-refractivity contribution in [1.82, 2.24) is 15.3 Å². The summed E-state index contributed by atoms with van der Waals surface area (Å²) < 4.78 is 23.6. The Morgan fingerprint density at radius 1 is 1.29 bits per heavy atom. The van der Waals surface area contributed by atoms with Gasteiger partial charge in [0.2, 0.25) is 11.8 Å². The molecule has 1 atom stereocenters. The van der Waals surface area contributed by atoms with E-state index in [2.05, 4.69) is 15.3 Å². The van der Waals surface area contributed by atoms with E-state index in [0.29, 0.717) is 17.5 Å². The fourth-order valence-electron chi connectivity index (χ4n) is 1.97. The van der Waals surface area contributed by atoms with Crippen LogP contribution in [0, 0.1) is 5.82 Å². The average Bonchev–Trinajstić information content (AvgIpc) is 2.51. The highest BCUT2D eigenvalue weighted by Crippen LogP contribution is 2.30. The van der Waals surface area contributed by atoms with Gasteiger partial charge in [-0.2, -0.15) is 4.98 Å². The van der Waals surface area contributed by atoms with E-state index >= 15 is 0 Å². The second-order valence-electron chi connectivity index (χ2n) is 4.20. The maximum absolute atomic E-state index is 13.3. The minimum atomic E-state index is -0.469. The van der Waals surface area contributed by atoms with E-state index in [-0.39, 0.29) is 11.1 Å². The van der Waals surface area contributed by atoms with E-state index in [9.17, 15) is 4.39 Å². The van der Waals surface area contributed by atoms with Crippen molar-refractivity contribution >= 4 is 11.6 Å². The van der Waals surface area contributed by atoms with Gasteiger partial charge in [-0.15, -0.1) is 0 Å². The van der Waals surface area contributed by atoms with Crippen molar-refractivity contribution in [2.24, 2.45) is 0 Å². The lowest BCUT2D eigenvalue weighted by Crippen LogP contribution is -2.20. The van der Waals surface area contributed by atoms with E-state index in [4.69, 9.17) is 21.1 Å². The summed E-state index contributed by atoms with van der Waals surface area (Å²) >= 11 is 5.83. The topological polar surface area (TPSA) is 56.3 Å². The van der Waals surface area contributed by atoms with Crippen LogP contribution >= 0.6 is 11.6 Å². The van der Waals surface area contributed by atoms with Gasteiger partial charge in [-0.3, -0.25) is 0 Å². The molecule has 0 aliphatic carbocycles. The van der Waals surface area contributed by atoms with Gasteiger partial charge in [-0.1, -0.05) is 17.7 Å². The van der Waals surface area contributed by atoms with Crippen LogP contribution in [0.25, 0.3) is 0 Å². The predicted octanol–water partition coefficient (Wildman–Crippen LogP) is 2.60. The highest BCUT2D eigenvalue weighted by Gasteiger charge is 2.21. The average molecular weight is 312 g/mol. The van der Waals surface area contributed by atoms with Gasteiger partial charge in [0.25, 0.3) is 0 Å². The molecule has 1 aromatic carbocycles. The molecule has 0 amide bonds. The minimum absolute atomic E-state index is 0.0492. The molecule has 7 heteroatoms. The second kappa shape index (κ2) is 6.69. The predicted molar refractivity (Wildman–Crippen MR) is 77.4 cm³/mol. The molecule has 1 aromatic heterocycles. The number of rotatable bonds is 5. The van der Waals surface area contributed by atoms with Crippen molar-refractivity contribution in [2.45, 2.75) is 6.04 Å². The Labute approximate surface area is 127 Å². The molecular formula is C14H15ClFN3O2. The molecule has 0 radical (unpaired) electrons. The van der Waals surface area contributed by atoms with Crippen molar-refractivity contribution < 1.29 is 13.9 Å². The highest BCUT2D eigenvalue weighted by molar-refractivity contribution is 6.30. The number of methoxy groups -OCH3 is 2. The van der Waals surface area contributed by atoms with Crippen molar-refractivity contribution in [3.05, 3.63) is 46.5 Å². The lowest BCUT2D eigenvalue weighted by atomic mass is 10.0. The minimum Gasteiger partial charge on any atom is -0.480 e. The Morgan fingerprint density at radius 3 is 2.62 bits per heavy atom. The number of ether oxygens (including phenoxy) is 2. The van der Waals surface area contributed by atoms with Crippen LogP contribution in [0.1, 0.15) is 17.3 Å². The second-order valence-corrected chi connectivity index (χ2v) is 4.61. The molecule has 0 spiro atoms. The molecular weight excluding hydrogens is 297 g/mol. The van der Waals surface area contributed by atoms with Crippen LogP contribution in [0.4, 0.5) is 4.39 Å². The Hall–Kier alpha value is -1.92. The smallest absolute Gasteiger partial charge is 0.240 e. The molecule has 112 valence electrons. The number of benzene rings is 1. The third-order valence-corrected chi connectivity index (χ3v) is 3.28. The maximum atomic E-state index is 13.3. The van der Waals surface area contributed by atoms with Crippen LogP contribution in [0.3, 0.4) is 0 Å². The van der Waals surface area contributed by atoms with Gasteiger partial charge in [-0.25, -0.2) is 9.37 Å². The summed E-state index contributed by atoms with van der Waals surface area (Å²) in [7, 11) is 4.75. The summed E-state index contributed by atoms with van der Waals surface area (Å²) in [6, 6.07) is 4.15. The largest absolute Gasteiger partial charge is 0.480 e. The third-order valence-electron chi connectivity index (χ3n) is 2.99. The first-order valence-electron chi connectivity index (χ1n) is 6.17. The van der Waals surface area contributed by atoms with Gasteiger partial charge in [0.15, 0.2) is 0 Å². The van der Waals surface area contributed by atoms with E-state index in [1.54, 1.807) is 19.2 Å². The Kier molecular flexibility index (Phi) is 4.93. The highest BCUT2D eigenvalue weighted by atomic mass is 35.5. The van der Waals surface area contributed by atoms with E-state index in [0.717, 1.165) is 5.56 Å². The first-order chi connectivity index (χ1) is 10.1. The van der Waals surface area contributed by atoms with Crippen LogP contribution in [0.2, 0.25) is 5.02 Å². The number of nitrogens with one attached hydrogen (secondary N) is 1. The van der Waals surface area contributed by atoms with E-state index < -0.39 is 5.82 Å². The fourth-order valence-corrected chi connectivity index (χ4v) is 2.15. The molecule has 0 saturated carbocycles. The lowest BCUT2D eigenvalue weighted by Gasteiger charge is -2.18. The zero-order valence-electron chi connectivity index (χ0n) is 11.9. The quantitative estimate of drug-likeness (QED) is 0.920. The molecule has 0 aliphatic rings. The van der Waals surface area contributed by atoms with E-state index in [1.165, 1.54) is 26.5 Å². The van der Waals surface area contributed by atoms with Gasteiger partial charge < -0.3 is 14.8 Å². The van der Waals surface area contributed by atoms with Gasteiger partial charge in [0.05, 0.1) is 31.5 Å². The molecule has 0 aliphatic heterocycles. The van der Waals surface area contributed by atoms with Crippen LogP contribution in [-0.2, 0) is 0 Å². The van der Waals surface area contributed by atoms with Crippen molar-refractivity contribution in [2.75, 3.05) is 21.3 Å². The van der Waals surface area contributed by atoms with Crippen LogP contribution in [0.15, 0.2) is 24.4 Å². The molecule has 0 fully saturated rings. The number of hydrogen-bond donors (Lipinski definition) is 1. The first kappa shape index (κ1) is 15.5. The summed E-state index contributed by atoms with van der Waals surface area (Å²) in [6.45, 7) is 0. The summed E-state index contributed by atoms with van der Waals surface area (Å²) in [5.41, 5.74) is 1.31. The van der Waals surface area contributed by atoms with Gasteiger partial charge in [0.1, 0.15) is 11.5 Å². The number of hydrogen-bond acceptors (Lipinski definition) is 5. The van der Waals surface area contributed by atoms with Crippen molar-refractivity contribution in [3.63, 3.8) is 0 Å². The molecule has 21 heavy (non-hydrogen) atoms. The monoisotopic (exact) mass is 311 g/mol. The molecule has 0 bridgehead atoms. The molecule has 2 rings (SSSR count). The van der Waals surface area contributed by atoms with Gasteiger partial charge in [0, 0.05) is 0 Å². The number of aromatic nitrogens is 2. The molecule has 2 aromatic rings. The summed E-state index contributed by atoms with van der Waals surface area (Å²) in [5.74, 6) is 0.208. The zero-order chi connectivity index (χ0) is 15.4.